The van der Waals surface area contributed by atoms with Crippen LogP contribution < -0.4 is 0 Å². The van der Waals surface area contributed by atoms with Crippen LogP contribution in [0, 0.1) is 11.8 Å². The quantitative estimate of drug-likeness (QED) is 0.648. The van der Waals surface area contributed by atoms with Gasteiger partial charge < -0.3 is 15.1 Å². The van der Waals surface area contributed by atoms with Gasteiger partial charge in [0.2, 0.25) is 5.91 Å². The maximum Gasteiger partial charge on any atom is 0.307 e. The standard InChI is InChI=1S/C9H17NO4/c1-6(7(2)9(13)14)8(12)10(3)4-5-11/h6-7,11H,4-5H2,1-3H3,(H,13,14). The highest BCUT2D eigenvalue weighted by Gasteiger charge is 2.27. The second kappa shape index (κ2) is 5.59. The second-order valence-electron chi connectivity index (χ2n) is 3.40. The Balaban J connectivity index is 4.30. The fourth-order valence-electron chi connectivity index (χ4n) is 1.04. The summed E-state index contributed by atoms with van der Waals surface area (Å²) >= 11 is 0. The number of aliphatic hydroxyl groups excluding tert-OH is 1. The van der Waals surface area contributed by atoms with Crippen LogP contribution in [0.25, 0.3) is 0 Å². The molecular formula is C9H17NO4. The van der Waals surface area contributed by atoms with Crippen LogP contribution >= 0.6 is 0 Å². The molecule has 0 aromatic carbocycles. The molecule has 0 aliphatic rings. The van der Waals surface area contributed by atoms with E-state index in [1.165, 1.54) is 11.8 Å². The second-order valence-corrected chi connectivity index (χ2v) is 3.40. The van der Waals surface area contributed by atoms with Gasteiger partial charge in [0.05, 0.1) is 12.5 Å². The molecule has 2 unspecified atom stereocenters. The zero-order valence-electron chi connectivity index (χ0n) is 8.73. The Bertz CT molecular complexity index is 217. The zero-order valence-corrected chi connectivity index (χ0v) is 8.73. The number of amides is 1. The lowest BCUT2D eigenvalue weighted by Crippen LogP contribution is -2.38. The lowest BCUT2D eigenvalue weighted by molar-refractivity contribution is -0.148. The molecule has 0 aliphatic heterocycles. The minimum absolute atomic E-state index is 0.115. The third-order valence-corrected chi connectivity index (χ3v) is 2.34. The lowest BCUT2D eigenvalue weighted by atomic mass is 9.95. The summed E-state index contributed by atoms with van der Waals surface area (Å²) in [6.45, 7) is 3.19. The molecular weight excluding hydrogens is 186 g/mol. The van der Waals surface area contributed by atoms with Crippen molar-refractivity contribution in [2.75, 3.05) is 20.2 Å². The van der Waals surface area contributed by atoms with Crippen LogP contribution in [0.4, 0.5) is 0 Å². The van der Waals surface area contributed by atoms with Crippen molar-refractivity contribution in [1.29, 1.82) is 0 Å². The number of hydrogen-bond acceptors (Lipinski definition) is 3. The van der Waals surface area contributed by atoms with Gasteiger partial charge in [-0.2, -0.15) is 0 Å². The van der Waals surface area contributed by atoms with Gasteiger partial charge in [-0.3, -0.25) is 9.59 Å². The van der Waals surface area contributed by atoms with Crippen LogP contribution in [0.5, 0.6) is 0 Å². The summed E-state index contributed by atoms with van der Waals surface area (Å²) in [4.78, 5) is 23.5. The normalized spacial score (nSPS) is 14.6. The van der Waals surface area contributed by atoms with Gasteiger partial charge in [0.25, 0.3) is 0 Å². The van der Waals surface area contributed by atoms with Crippen LogP contribution in [-0.4, -0.2) is 47.2 Å². The van der Waals surface area contributed by atoms with Crippen molar-refractivity contribution in [1.82, 2.24) is 4.90 Å². The molecule has 0 bridgehead atoms. The van der Waals surface area contributed by atoms with E-state index in [2.05, 4.69) is 0 Å². The van der Waals surface area contributed by atoms with E-state index >= 15 is 0 Å². The van der Waals surface area contributed by atoms with Crippen LogP contribution in [-0.2, 0) is 9.59 Å². The first kappa shape index (κ1) is 12.9. The number of hydrogen-bond donors (Lipinski definition) is 2. The molecule has 0 heterocycles. The van der Waals surface area contributed by atoms with Gasteiger partial charge in [-0.25, -0.2) is 0 Å². The molecule has 0 fully saturated rings. The minimum Gasteiger partial charge on any atom is -0.481 e. The predicted molar refractivity (Wildman–Crippen MR) is 50.7 cm³/mol. The van der Waals surface area contributed by atoms with Crippen molar-refractivity contribution < 1.29 is 19.8 Å². The Morgan fingerprint density at radius 2 is 1.79 bits per heavy atom. The number of aliphatic hydroxyl groups is 1. The van der Waals surface area contributed by atoms with E-state index in [1.54, 1.807) is 14.0 Å². The largest absolute Gasteiger partial charge is 0.481 e. The number of carbonyl (C=O) groups excluding carboxylic acids is 1. The monoisotopic (exact) mass is 203 g/mol. The third kappa shape index (κ3) is 3.33. The van der Waals surface area contributed by atoms with E-state index < -0.39 is 17.8 Å². The van der Waals surface area contributed by atoms with Gasteiger partial charge >= 0.3 is 5.97 Å². The maximum atomic E-state index is 11.5. The van der Waals surface area contributed by atoms with Crippen molar-refractivity contribution in [3.05, 3.63) is 0 Å². The van der Waals surface area contributed by atoms with Crippen molar-refractivity contribution in [3.8, 4) is 0 Å². The summed E-state index contributed by atoms with van der Waals surface area (Å²) < 4.78 is 0. The Morgan fingerprint density at radius 1 is 1.29 bits per heavy atom. The highest BCUT2D eigenvalue weighted by atomic mass is 16.4. The molecule has 82 valence electrons. The van der Waals surface area contributed by atoms with Crippen molar-refractivity contribution in [3.63, 3.8) is 0 Å². The zero-order chi connectivity index (χ0) is 11.3. The smallest absolute Gasteiger partial charge is 0.307 e. The molecule has 0 aromatic rings. The number of carboxylic acids is 1. The first-order valence-electron chi connectivity index (χ1n) is 4.50. The molecule has 0 saturated carbocycles. The number of aliphatic carboxylic acids is 1. The summed E-state index contributed by atoms with van der Waals surface area (Å²) in [6.07, 6.45) is 0. The molecule has 0 radical (unpaired) electrons. The van der Waals surface area contributed by atoms with Gasteiger partial charge in [-0.1, -0.05) is 13.8 Å². The highest BCUT2D eigenvalue weighted by Crippen LogP contribution is 2.13. The average Bonchev–Trinajstić information content (AvgIpc) is 2.14. The fraction of sp³-hybridized carbons (Fsp3) is 0.778. The van der Waals surface area contributed by atoms with Crippen molar-refractivity contribution >= 4 is 11.9 Å². The molecule has 0 aromatic heterocycles. The molecule has 5 nitrogen and oxygen atoms in total. The highest BCUT2D eigenvalue weighted by molar-refractivity contribution is 5.84. The number of likely N-dealkylation sites (N-methyl/N-ethyl adjacent to an activating group) is 1. The number of nitrogens with zero attached hydrogens (tertiary/aromatic N) is 1. The average molecular weight is 203 g/mol. The summed E-state index contributed by atoms with van der Waals surface area (Å²) in [5, 5.41) is 17.3. The topological polar surface area (TPSA) is 77.8 Å². The van der Waals surface area contributed by atoms with Gasteiger partial charge in [0.1, 0.15) is 0 Å². The Kier molecular flexibility index (Phi) is 5.15. The Morgan fingerprint density at radius 3 is 2.14 bits per heavy atom. The molecule has 2 atom stereocenters. The summed E-state index contributed by atoms with van der Waals surface area (Å²) in [5.41, 5.74) is 0. The molecule has 2 N–H and O–H groups in total. The number of carbonyl (C=O) groups is 2. The van der Waals surface area contributed by atoms with Crippen LogP contribution in [0.1, 0.15) is 13.8 Å². The summed E-state index contributed by atoms with van der Waals surface area (Å²) in [7, 11) is 1.55. The van der Waals surface area contributed by atoms with Crippen LogP contribution in [0.3, 0.4) is 0 Å². The van der Waals surface area contributed by atoms with E-state index in [1.807, 2.05) is 0 Å². The van der Waals surface area contributed by atoms with Gasteiger partial charge in [0.15, 0.2) is 0 Å². The predicted octanol–water partition coefficient (Wildman–Crippen LogP) is -0.206. The molecule has 0 spiro atoms. The van der Waals surface area contributed by atoms with Gasteiger partial charge in [-0.05, 0) is 0 Å². The first-order valence-corrected chi connectivity index (χ1v) is 4.50. The Hall–Kier alpha value is -1.10. The first-order chi connectivity index (χ1) is 6.41. The maximum absolute atomic E-state index is 11.5. The van der Waals surface area contributed by atoms with Crippen molar-refractivity contribution in [2.24, 2.45) is 11.8 Å². The van der Waals surface area contributed by atoms with E-state index in [4.69, 9.17) is 10.2 Å². The summed E-state index contributed by atoms with van der Waals surface area (Å²) in [5.74, 6) is -2.51. The third-order valence-electron chi connectivity index (χ3n) is 2.34. The molecule has 14 heavy (non-hydrogen) atoms. The van der Waals surface area contributed by atoms with Crippen LogP contribution in [0.2, 0.25) is 0 Å². The lowest BCUT2D eigenvalue weighted by Gasteiger charge is -2.22. The van der Waals surface area contributed by atoms with Crippen molar-refractivity contribution in [2.45, 2.75) is 13.8 Å². The van der Waals surface area contributed by atoms with Gasteiger partial charge in [0, 0.05) is 19.5 Å². The molecule has 0 rings (SSSR count). The number of carboxylic acid groups (broad SMARTS) is 1. The van der Waals surface area contributed by atoms with E-state index in [0.717, 1.165) is 0 Å². The minimum atomic E-state index is -0.983. The molecule has 0 saturated heterocycles. The number of rotatable bonds is 5. The molecule has 1 amide bonds. The van der Waals surface area contributed by atoms with E-state index in [9.17, 15) is 9.59 Å². The van der Waals surface area contributed by atoms with Gasteiger partial charge in [-0.15, -0.1) is 0 Å². The van der Waals surface area contributed by atoms with E-state index in [0.29, 0.717) is 0 Å². The SMILES string of the molecule is CC(C(=O)O)C(C)C(=O)N(C)CCO. The molecule has 0 aliphatic carbocycles. The fourth-order valence-corrected chi connectivity index (χ4v) is 1.04. The van der Waals surface area contributed by atoms with Crippen LogP contribution in [0.15, 0.2) is 0 Å². The Labute approximate surface area is 83.3 Å². The molecule has 5 heteroatoms. The van der Waals surface area contributed by atoms with E-state index in [-0.39, 0.29) is 19.1 Å². The summed E-state index contributed by atoms with van der Waals surface area (Å²) in [6, 6.07) is 0.